The number of fused-ring (bicyclic) bond motifs is 1. The van der Waals surface area contributed by atoms with Crippen molar-refractivity contribution in [2.75, 3.05) is 26.2 Å². The van der Waals surface area contributed by atoms with Crippen molar-refractivity contribution >= 4 is 5.91 Å². The number of hydrogen-bond donors (Lipinski definition) is 0. The maximum absolute atomic E-state index is 12.4. The summed E-state index contributed by atoms with van der Waals surface area (Å²) in [4.78, 5) is 16.6. The Morgan fingerprint density at radius 1 is 1.12 bits per heavy atom. The van der Waals surface area contributed by atoms with Crippen LogP contribution in [0, 0.1) is 6.92 Å². The zero-order chi connectivity index (χ0) is 17.2. The van der Waals surface area contributed by atoms with Gasteiger partial charge in [-0.15, -0.1) is 10.2 Å². The van der Waals surface area contributed by atoms with E-state index in [4.69, 9.17) is 4.52 Å². The lowest BCUT2D eigenvalue weighted by Crippen LogP contribution is -2.48. The molecule has 0 aromatic carbocycles. The second kappa shape index (κ2) is 6.95. The number of piperazine rings is 1. The Bertz CT molecular complexity index is 744. The van der Waals surface area contributed by atoms with Gasteiger partial charge in [-0.3, -0.25) is 9.69 Å². The summed E-state index contributed by atoms with van der Waals surface area (Å²) in [5.74, 6) is 2.44. The van der Waals surface area contributed by atoms with E-state index in [9.17, 15) is 4.79 Å². The zero-order valence-corrected chi connectivity index (χ0v) is 14.6. The van der Waals surface area contributed by atoms with Crippen molar-refractivity contribution < 1.29 is 9.32 Å². The molecule has 4 heterocycles. The van der Waals surface area contributed by atoms with Gasteiger partial charge in [-0.2, -0.15) is 0 Å². The normalized spacial score (nSPS) is 18.8. The smallest absolute Gasteiger partial charge is 0.292 e. The Kier molecular flexibility index (Phi) is 4.52. The van der Waals surface area contributed by atoms with Gasteiger partial charge in [-0.25, -0.2) is 0 Å². The van der Waals surface area contributed by atoms with Gasteiger partial charge in [0.15, 0.2) is 0 Å². The minimum Gasteiger partial charge on any atom is -0.351 e. The van der Waals surface area contributed by atoms with Crippen LogP contribution in [0.25, 0.3) is 0 Å². The highest BCUT2D eigenvalue weighted by Gasteiger charge is 2.26. The van der Waals surface area contributed by atoms with Crippen LogP contribution in [0.5, 0.6) is 0 Å². The van der Waals surface area contributed by atoms with Crippen molar-refractivity contribution in [2.45, 2.75) is 45.7 Å². The van der Waals surface area contributed by atoms with Gasteiger partial charge < -0.3 is 14.0 Å². The Hall–Kier alpha value is -2.22. The van der Waals surface area contributed by atoms with Gasteiger partial charge >= 0.3 is 0 Å². The van der Waals surface area contributed by atoms with E-state index in [1.54, 1.807) is 6.07 Å². The highest BCUT2D eigenvalue weighted by Crippen LogP contribution is 2.17. The highest BCUT2D eigenvalue weighted by atomic mass is 16.5. The first-order chi connectivity index (χ1) is 12.2. The minimum atomic E-state index is -0.0726. The number of hydrogen-bond acceptors (Lipinski definition) is 6. The molecule has 2 aromatic heterocycles. The summed E-state index contributed by atoms with van der Waals surface area (Å²) in [6.45, 7) is 6.71. The summed E-state index contributed by atoms with van der Waals surface area (Å²) in [6.07, 6.45) is 4.72. The third kappa shape index (κ3) is 3.44. The Balaban J connectivity index is 1.35. The molecular formula is C17H24N6O2. The van der Waals surface area contributed by atoms with Crippen molar-refractivity contribution in [2.24, 2.45) is 0 Å². The standard InChI is InChI=1S/C17H24N6O2/c1-13-11-14(25-20-13)17(24)22-9-7-21(8-10-22)12-16-19-18-15-5-3-2-4-6-23(15)16/h11H,2-10,12H2,1H3. The number of nitrogens with zero attached hydrogens (tertiary/aromatic N) is 6. The number of rotatable bonds is 3. The summed E-state index contributed by atoms with van der Waals surface area (Å²) in [5.41, 5.74) is 0.731. The van der Waals surface area contributed by atoms with Crippen LogP contribution < -0.4 is 0 Å². The van der Waals surface area contributed by atoms with Gasteiger partial charge in [0.25, 0.3) is 5.91 Å². The molecule has 0 radical (unpaired) electrons. The van der Waals surface area contributed by atoms with Crippen LogP contribution in [0.1, 0.15) is 47.2 Å². The Morgan fingerprint density at radius 2 is 1.96 bits per heavy atom. The van der Waals surface area contributed by atoms with Gasteiger partial charge in [0, 0.05) is 45.2 Å². The average molecular weight is 344 g/mol. The number of carbonyl (C=O) groups is 1. The number of amides is 1. The van der Waals surface area contributed by atoms with Gasteiger partial charge in [0.05, 0.1) is 12.2 Å². The molecule has 2 aliphatic rings. The van der Waals surface area contributed by atoms with Crippen molar-refractivity contribution in [3.05, 3.63) is 29.2 Å². The molecule has 134 valence electrons. The molecule has 2 aliphatic heterocycles. The predicted molar refractivity (Wildman–Crippen MR) is 90.0 cm³/mol. The second-order valence-corrected chi connectivity index (χ2v) is 6.90. The third-order valence-electron chi connectivity index (χ3n) is 5.05. The summed E-state index contributed by atoms with van der Waals surface area (Å²) in [6, 6.07) is 1.69. The number of aryl methyl sites for hydroxylation is 2. The van der Waals surface area contributed by atoms with E-state index in [2.05, 4.69) is 24.8 Å². The summed E-state index contributed by atoms with van der Waals surface area (Å²) in [5, 5.41) is 12.6. The van der Waals surface area contributed by atoms with E-state index in [-0.39, 0.29) is 5.91 Å². The molecule has 0 unspecified atom stereocenters. The number of carbonyl (C=O) groups excluding carboxylic acids is 1. The summed E-state index contributed by atoms with van der Waals surface area (Å²) < 4.78 is 7.38. The van der Waals surface area contributed by atoms with Crippen molar-refractivity contribution in [3.63, 3.8) is 0 Å². The molecule has 4 rings (SSSR count). The minimum absolute atomic E-state index is 0.0726. The quantitative estimate of drug-likeness (QED) is 0.834. The van der Waals surface area contributed by atoms with E-state index >= 15 is 0 Å². The van der Waals surface area contributed by atoms with E-state index in [1.165, 1.54) is 19.3 Å². The molecule has 8 heteroatoms. The maximum Gasteiger partial charge on any atom is 0.292 e. The average Bonchev–Trinajstić information content (AvgIpc) is 3.14. The molecular weight excluding hydrogens is 320 g/mol. The predicted octanol–water partition coefficient (Wildman–Crippen LogP) is 1.26. The molecule has 2 aromatic rings. The van der Waals surface area contributed by atoms with Gasteiger partial charge in [-0.1, -0.05) is 11.6 Å². The molecule has 1 saturated heterocycles. The fraction of sp³-hybridized carbons (Fsp3) is 0.647. The lowest BCUT2D eigenvalue weighted by atomic mass is 10.2. The second-order valence-electron chi connectivity index (χ2n) is 6.90. The lowest BCUT2D eigenvalue weighted by molar-refractivity contribution is 0.0584. The summed E-state index contributed by atoms with van der Waals surface area (Å²) in [7, 11) is 0. The van der Waals surface area contributed by atoms with Crippen molar-refractivity contribution in [1.29, 1.82) is 0 Å². The van der Waals surface area contributed by atoms with Crippen LogP contribution in [0.15, 0.2) is 10.6 Å². The largest absolute Gasteiger partial charge is 0.351 e. The molecule has 0 spiro atoms. The first-order valence-corrected chi connectivity index (χ1v) is 9.06. The molecule has 8 nitrogen and oxygen atoms in total. The maximum atomic E-state index is 12.4. The van der Waals surface area contributed by atoms with Crippen LogP contribution in [-0.4, -0.2) is 61.8 Å². The third-order valence-corrected chi connectivity index (χ3v) is 5.05. The van der Waals surface area contributed by atoms with Crippen LogP contribution in [0.4, 0.5) is 0 Å². The van der Waals surface area contributed by atoms with E-state index in [0.29, 0.717) is 18.8 Å². The van der Waals surface area contributed by atoms with Crippen LogP contribution in [0.2, 0.25) is 0 Å². The first kappa shape index (κ1) is 16.3. The first-order valence-electron chi connectivity index (χ1n) is 9.06. The Morgan fingerprint density at radius 3 is 2.72 bits per heavy atom. The van der Waals surface area contributed by atoms with E-state index in [1.807, 2.05) is 11.8 Å². The topological polar surface area (TPSA) is 80.3 Å². The lowest BCUT2D eigenvalue weighted by Gasteiger charge is -2.33. The molecule has 0 bridgehead atoms. The van der Waals surface area contributed by atoms with E-state index in [0.717, 1.165) is 49.9 Å². The molecule has 1 fully saturated rings. The number of aromatic nitrogens is 4. The van der Waals surface area contributed by atoms with Gasteiger partial charge in [-0.05, 0) is 19.8 Å². The molecule has 0 saturated carbocycles. The molecule has 0 N–H and O–H groups in total. The van der Waals surface area contributed by atoms with Crippen molar-refractivity contribution in [3.8, 4) is 0 Å². The fourth-order valence-corrected chi connectivity index (χ4v) is 3.59. The van der Waals surface area contributed by atoms with Gasteiger partial charge in [0.2, 0.25) is 5.76 Å². The van der Waals surface area contributed by atoms with Crippen LogP contribution in [0.3, 0.4) is 0 Å². The fourth-order valence-electron chi connectivity index (χ4n) is 3.59. The zero-order valence-electron chi connectivity index (χ0n) is 14.6. The van der Waals surface area contributed by atoms with Crippen molar-refractivity contribution in [1.82, 2.24) is 29.7 Å². The monoisotopic (exact) mass is 344 g/mol. The van der Waals surface area contributed by atoms with Gasteiger partial charge in [0.1, 0.15) is 11.6 Å². The van der Waals surface area contributed by atoms with Crippen LogP contribution >= 0.6 is 0 Å². The molecule has 0 aliphatic carbocycles. The molecule has 25 heavy (non-hydrogen) atoms. The SMILES string of the molecule is Cc1cc(C(=O)N2CCN(Cc3nnc4n3CCCCC4)CC2)on1. The van der Waals surface area contributed by atoms with Crippen LogP contribution in [-0.2, 0) is 19.5 Å². The Labute approximate surface area is 146 Å². The molecule has 1 amide bonds. The van der Waals surface area contributed by atoms with E-state index < -0.39 is 0 Å². The summed E-state index contributed by atoms with van der Waals surface area (Å²) >= 11 is 0. The molecule has 0 atom stereocenters. The highest BCUT2D eigenvalue weighted by molar-refractivity contribution is 5.91.